The number of nitrogens with zero attached hydrogens (tertiary/aromatic N) is 2. The summed E-state index contributed by atoms with van der Waals surface area (Å²) in [5.74, 6) is 0.153. The zero-order valence-corrected chi connectivity index (χ0v) is 13.3. The summed E-state index contributed by atoms with van der Waals surface area (Å²) in [6, 6.07) is 8.32. The molecule has 2 amide bonds. The summed E-state index contributed by atoms with van der Waals surface area (Å²) in [5.41, 5.74) is 2.59. The second kappa shape index (κ2) is 6.51. The Hall–Kier alpha value is -1.84. The molecule has 0 aromatic heterocycles. The Balaban J connectivity index is 1.62. The van der Waals surface area contributed by atoms with E-state index in [0.29, 0.717) is 19.5 Å². The first-order valence-corrected chi connectivity index (χ1v) is 8.32. The fourth-order valence-electron chi connectivity index (χ4n) is 3.44. The third kappa shape index (κ3) is 3.01. The van der Waals surface area contributed by atoms with Gasteiger partial charge < -0.3 is 9.80 Å². The van der Waals surface area contributed by atoms with Crippen LogP contribution in [0.25, 0.3) is 0 Å². The first-order chi connectivity index (χ1) is 10.7. The van der Waals surface area contributed by atoms with Crippen molar-refractivity contribution in [3.05, 3.63) is 35.4 Å². The van der Waals surface area contributed by atoms with Crippen molar-refractivity contribution in [1.29, 1.82) is 0 Å². The highest BCUT2D eigenvalue weighted by Crippen LogP contribution is 2.24. The van der Waals surface area contributed by atoms with Crippen molar-refractivity contribution in [2.45, 2.75) is 39.2 Å². The van der Waals surface area contributed by atoms with Crippen LogP contribution in [0, 0.1) is 5.92 Å². The van der Waals surface area contributed by atoms with Crippen molar-refractivity contribution in [1.82, 2.24) is 9.80 Å². The van der Waals surface area contributed by atoms with E-state index >= 15 is 0 Å². The molecule has 118 valence electrons. The van der Waals surface area contributed by atoms with E-state index in [9.17, 15) is 9.59 Å². The zero-order valence-electron chi connectivity index (χ0n) is 13.3. The van der Waals surface area contributed by atoms with Gasteiger partial charge in [-0.2, -0.15) is 0 Å². The van der Waals surface area contributed by atoms with Crippen molar-refractivity contribution in [3.8, 4) is 0 Å². The van der Waals surface area contributed by atoms with Crippen LogP contribution in [0.2, 0.25) is 0 Å². The third-order valence-electron chi connectivity index (χ3n) is 4.79. The molecule has 1 aromatic carbocycles. The summed E-state index contributed by atoms with van der Waals surface area (Å²) in [6.07, 6.45) is 3.40. The van der Waals surface area contributed by atoms with E-state index in [1.165, 1.54) is 11.1 Å². The van der Waals surface area contributed by atoms with Gasteiger partial charge >= 0.3 is 0 Å². The van der Waals surface area contributed by atoms with Gasteiger partial charge in [0.15, 0.2) is 0 Å². The number of hydrogen-bond acceptors (Lipinski definition) is 2. The Labute approximate surface area is 132 Å². The highest BCUT2D eigenvalue weighted by Gasteiger charge is 2.36. The maximum Gasteiger partial charge on any atom is 0.228 e. The number of fused-ring (bicyclic) bond motifs is 1. The number of carbonyl (C=O) groups excluding carboxylic acids is 2. The van der Waals surface area contributed by atoms with Crippen LogP contribution in [0.3, 0.4) is 0 Å². The van der Waals surface area contributed by atoms with E-state index < -0.39 is 0 Å². The topological polar surface area (TPSA) is 40.6 Å². The van der Waals surface area contributed by atoms with E-state index in [4.69, 9.17) is 0 Å². The molecule has 1 atom stereocenters. The van der Waals surface area contributed by atoms with E-state index in [-0.39, 0.29) is 17.7 Å². The molecule has 0 aliphatic carbocycles. The lowest BCUT2D eigenvalue weighted by Gasteiger charge is -2.30. The predicted octanol–water partition coefficient (Wildman–Crippen LogP) is 2.22. The summed E-state index contributed by atoms with van der Waals surface area (Å²) < 4.78 is 0. The van der Waals surface area contributed by atoms with Crippen LogP contribution in [0.5, 0.6) is 0 Å². The molecular weight excluding hydrogens is 276 g/mol. The quantitative estimate of drug-likeness (QED) is 0.855. The average molecular weight is 300 g/mol. The molecule has 0 N–H and O–H groups in total. The van der Waals surface area contributed by atoms with Gasteiger partial charge in [-0.25, -0.2) is 0 Å². The van der Waals surface area contributed by atoms with Gasteiger partial charge in [-0.3, -0.25) is 9.59 Å². The summed E-state index contributed by atoms with van der Waals surface area (Å²) in [5, 5.41) is 0. The van der Waals surface area contributed by atoms with Crippen LogP contribution in [0.1, 0.15) is 37.3 Å². The van der Waals surface area contributed by atoms with Gasteiger partial charge in [-0.05, 0) is 24.0 Å². The number of benzene rings is 1. The van der Waals surface area contributed by atoms with Gasteiger partial charge in [0.25, 0.3) is 0 Å². The van der Waals surface area contributed by atoms with Crippen molar-refractivity contribution >= 4 is 11.8 Å². The Morgan fingerprint density at radius 1 is 1.27 bits per heavy atom. The molecule has 2 heterocycles. The number of carbonyl (C=O) groups is 2. The number of rotatable bonds is 4. The maximum absolute atomic E-state index is 12.7. The van der Waals surface area contributed by atoms with Crippen molar-refractivity contribution in [2.24, 2.45) is 5.92 Å². The normalized spacial score (nSPS) is 21.1. The molecule has 1 fully saturated rings. The van der Waals surface area contributed by atoms with Gasteiger partial charge in [-0.15, -0.1) is 0 Å². The molecule has 1 unspecified atom stereocenters. The second-order valence-corrected chi connectivity index (χ2v) is 6.37. The molecule has 3 rings (SSSR count). The van der Waals surface area contributed by atoms with Crippen LogP contribution in [-0.4, -0.2) is 41.2 Å². The molecule has 0 saturated carbocycles. The second-order valence-electron chi connectivity index (χ2n) is 6.37. The number of hydrogen-bond donors (Lipinski definition) is 0. The Morgan fingerprint density at radius 2 is 2.05 bits per heavy atom. The summed E-state index contributed by atoms with van der Waals surface area (Å²) in [4.78, 5) is 28.6. The molecule has 22 heavy (non-hydrogen) atoms. The summed E-state index contributed by atoms with van der Waals surface area (Å²) in [6.45, 7) is 4.98. The highest BCUT2D eigenvalue weighted by molar-refractivity contribution is 5.89. The first-order valence-electron chi connectivity index (χ1n) is 8.32. The molecule has 0 spiro atoms. The molecule has 4 heteroatoms. The molecule has 1 saturated heterocycles. The minimum absolute atomic E-state index is 0.143. The molecule has 1 aromatic rings. The van der Waals surface area contributed by atoms with Crippen LogP contribution in [0.15, 0.2) is 24.3 Å². The minimum Gasteiger partial charge on any atom is -0.342 e. The van der Waals surface area contributed by atoms with Crippen molar-refractivity contribution in [2.75, 3.05) is 19.6 Å². The SMILES string of the molecule is CCCCN1CC(C(=O)N2CCc3ccccc3C2)CC1=O. The minimum atomic E-state index is -0.144. The predicted molar refractivity (Wildman–Crippen MR) is 85.2 cm³/mol. The Morgan fingerprint density at radius 3 is 2.82 bits per heavy atom. The van der Waals surface area contributed by atoms with E-state index in [1.54, 1.807) is 0 Å². The molecule has 0 bridgehead atoms. The van der Waals surface area contributed by atoms with Crippen LogP contribution in [0.4, 0.5) is 0 Å². The van der Waals surface area contributed by atoms with E-state index in [2.05, 4.69) is 25.1 Å². The smallest absolute Gasteiger partial charge is 0.228 e. The van der Waals surface area contributed by atoms with Gasteiger partial charge in [-0.1, -0.05) is 37.6 Å². The van der Waals surface area contributed by atoms with Gasteiger partial charge in [0, 0.05) is 32.6 Å². The fraction of sp³-hybridized carbons (Fsp3) is 0.556. The summed E-state index contributed by atoms with van der Waals surface area (Å²) in [7, 11) is 0. The van der Waals surface area contributed by atoms with E-state index in [1.807, 2.05) is 15.9 Å². The molecule has 2 aliphatic heterocycles. The maximum atomic E-state index is 12.7. The number of unbranched alkanes of at least 4 members (excludes halogenated alkanes) is 1. The molecular formula is C18H24N2O2. The molecule has 4 nitrogen and oxygen atoms in total. The van der Waals surface area contributed by atoms with Gasteiger partial charge in [0.1, 0.15) is 0 Å². The monoisotopic (exact) mass is 300 g/mol. The van der Waals surface area contributed by atoms with Gasteiger partial charge in [0.05, 0.1) is 5.92 Å². The lowest BCUT2D eigenvalue weighted by atomic mass is 9.98. The number of amides is 2. The average Bonchev–Trinajstić information content (AvgIpc) is 2.92. The fourth-order valence-corrected chi connectivity index (χ4v) is 3.44. The van der Waals surface area contributed by atoms with Crippen molar-refractivity contribution in [3.63, 3.8) is 0 Å². The summed E-state index contributed by atoms with van der Waals surface area (Å²) >= 11 is 0. The third-order valence-corrected chi connectivity index (χ3v) is 4.79. The Bertz CT molecular complexity index is 570. The number of likely N-dealkylation sites (tertiary alicyclic amines) is 1. The zero-order chi connectivity index (χ0) is 15.5. The lowest BCUT2D eigenvalue weighted by Crippen LogP contribution is -2.40. The standard InChI is InChI=1S/C18H24N2O2/c1-2-3-9-19-13-16(11-17(19)21)18(22)20-10-8-14-6-4-5-7-15(14)12-20/h4-7,16H,2-3,8-13H2,1H3. The largest absolute Gasteiger partial charge is 0.342 e. The van der Waals surface area contributed by atoms with Crippen molar-refractivity contribution < 1.29 is 9.59 Å². The van der Waals surface area contributed by atoms with Gasteiger partial charge in [0.2, 0.25) is 11.8 Å². The van der Waals surface area contributed by atoms with Crippen LogP contribution >= 0.6 is 0 Å². The first kappa shape index (κ1) is 15.1. The highest BCUT2D eigenvalue weighted by atomic mass is 16.2. The Kier molecular flexibility index (Phi) is 4.46. The molecule has 0 radical (unpaired) electrons. The molecule has 2 aliphatic rings. The van der Waals surface area contributed by atoms with Crippen LogP contribution < -0.4 is 0 Å². The lowest BCUT2D eigenvalue weighted by molar-refractivity contribution is -0.136. The van der Waals surface area contributed by atoms with Crippen LogP contribution in [-0.2, 0) is 22.6 Å². The van der Waals surface area contributed by atoms with E-state index in [0.717, 1.165) is 32.4 Å².